The third-order valence-corrected chi connectivity index (χ3v) is 2.93. The molecule has 4 heteroatoms. The van der Waals surface area contributed by atoms with E-state index in [1.54, 1.807) is 6.20 Å². The van der Waals surface area contributed by atoms with Gasteiger partial charge in [0.25, 0.3) is 0 Å². The summed E-state index contributed by atoms with van der Waals surface area (Å²) < 4.78 is 1.90. The van der Waals surface area contributed by atoms with Gasteiger partial charge in [0.1, 0.15) is 0 Å². The van der Waals surface area contributed by atoms with Crippen molar-refractivity contribution in [2.75, 3.05) is 0 Å². The smallest absolute Gasteiger partial charge is 0.0771 e. The Morgan fingerprint density at radius 2 is 1.89 bits per heavy atom. The Hall–Kier alpha value is -2.46. The van der Waals surface area contributed by atoms with Crippen LogP contribution in [0.25, 0.3) is 16.9 Å². The Bertz CT molecular complexity index is 602. The number of para-hydroxylation sites is 1. The van der Waals surface area contributed by atoms with Crippen LogP contribution in [0.3, 0.4) is 0 Å². The maximum atomic E-state index is 5.70. The Labute approximate surface area is 111 Å². The van der Waals surface area contributed by atoms with Gasteiger partial charge in [0.05, 0.1) is 17.1 Å². The number of rotatable bonds is 3. The summed E-state index contributed by atoms with van der Waals surface area (Å²) in [6.45, 7) is 0.424. The van der Waals surface area contributed by atoms with Crippen LogP contribution in [0.2, 0.25) is 0 Å². The zero-order valence-electron chi connectivity index (χ0n) is 10.4. The van der Waals surface area contributed by atoms with Crippen LogP contribution in [0, 0.1) is 0 Å². The molecule has 2 aromatic heterocycles. The molecule has 0 saturated carbocycles. The summed E-state index contributed by atoms with van der Waals surface area (Å²) >= 11 is 0. The first-order valence-corrected chi connectivity index (χ1v) is 6.13. The van der Waals surface area contributed by atoms with E-state index >= 15 is 0 Å². The van der Waals surface area contributed by atoms with E-state index in [1.807, 2.05) is 59.4 Å². The van der Waals surface area contributed by atoms with Crippen LogP contribution in [0.15, 0.2) is 60.9 Å². The lowest BCUT2D eigenvalue weighted by atomic mass is 10.2. The normalized spacial score (nSPS) is 10.6. The van der Waals surface area contributed by atoms with Gasteiger partial charge < -0.3 is 5.73 Å². The van der Waals surface area contributed by atoms with Crippen LogP contribution in [-0.2, 0) is 6.54 Å². The maximum Gasteiger partial charge on any atom is 0.0771 e. The molecule has 0 bridgehead atoms. The molecule has 0 spiro atoms. The number of hydrogen-bond donors (Lipinski definition) is 1. The topological polar surface area (TPSA) is 56.7 Å². The molecule has 0 saturated heterocycles. The summed E-state index contributed by atoms with van der Waals surface area (Å²) in [7, 11) is 0. The van der Waals surface area contributed by atoms with Crippen molar-refractivity contribution in [1.29, 1.82) is 0 Å². The van der Waals surface area contributed by atoms with Crippen molar-refractivity contribution < 1.29 is 0 Å². The molecular formula is C15H14N4. The first-order valence-electron chi connectivity index (χ1n) is 6.13. The van der Waals surface area contributed by atoms with Crippen molar-refractivity contribution >= 4 is 0 Å². The Morgan fingerprint density at radius 3 is 2.58 bits per heavy atom. The minimum absolute atomic E-state index is 0.424. The molecule has 0 atom stereocenters. The van der Waals surface area contributed by atoms with Gasteiger partial charge in [0.2, 0.25) is 0 Å². The third-order valence-electron chi connectivity index (χ3n) is 2.93. The molecule has 94 valence electrons. The number of nitrogens with zero attached hydrogens (tertiary/aromatic N) is 3. The zero-order valence-corrected chi connectivity index (χ0v) is 10.4. The highest BCUT2D eigenvalue weighted by Gasteiger charge is 2.10. The summed E-state index contributed by atoms with van der Waals surface area (Å²) in [6.07, 6.45) is 3.59. The lowest BCUT2D eigenvalue weighted by molar-refractivity contribution is 0.838. The first-order chi connectivity index (χ1) is 9.38. The second-order valence-electron chi connectivity index (χ2n) is 4.21. The number of pyridine rings is 1. The van der Waals surface area contributed by atoms with Crippen molar-refractivity contribution in [1.82, 2.24) is 14.8 Å². The molecule has 0 amide bonds. The predicted octanol–water partition coefficient (Wildman–Crippen LogP) is 2.39. The minimum Gasteiger partial charge on any atom is -0.325 e. The van der Waals surface area contributed by atoms with Gasteiger partial charge in [-0.2, -0.15) is 5.10 Å². The molecular weight excluding hydrogens is 236 g/mol. The number of nitrogens with two attached hydrogens (primary N) is 1. The fourth-order valence-corrected chi connectivity index (χ4v) is 2.02. The Balaban J connectivity index is 2.17. The zero-order chi connectivity index (χ0) is 13.1. The van der Waals surface area contributed by atoms with E-state index in [1.165, 1.54) is 0 Å². The third kappa shape index (κ3) is 2.26. The van der Waals surface area contributed by atoms with Crippen LogP contribution < -0.4 is 5.73 Å². The van der Waals surface area contributed by atoms with Gasteiger partial charge in [0.15, 0.2) is 0 Å². The average molecular weight is 250 g/mol. The lowest BCUT2D eigenvalue weighted by Gasteiger charge is -2.06. The number of hydrogen-bond acceptors (Lipinski definition) is 3. The number of benzene rings is 1. The first kappa shape index (κ1) is 11.6. The molecule has 0 aliphatic carbocycles. The molecule has 19 heavy (non-hydrogen) atoms. The SMILES string of the molecule is NCc1cc(-c2cccnc2)n(-c2ccccc2)n1. The highest BCUT2D eigenvalue weighted by Crippen LogP contribution is 2.23. The molecule has 0 fully saturated rings. The molecule has 0 aliphatic rings. The van der Waals surface area contributed by atoms with Crippen molar-refractivity contribution in [3.63, 3.8) is 0 Å². The summed E-state index contributed by atoms with van der Waals surface area (Å²) in [4.78, 5) is 4.16. The summed E-state index contributed by atoms with van der Waals surface area (Å²) in [5.41, 5.74) is 9.60. The van der Waals surface area contributed by atoms with E-state index in [-0.39, 0.29) is 0 Å². The van der Waals surface area contributed by atoms with Gasteiger partial charge in [-0.1, -0.05) is 18.2 Å². The van der Waals surface area contributed by atoms with Crippen LogP contribution in [-0.4, -0.2) is 14.8 Å². The van der Waals surface area contributed by atoms with E-state index in [0.29, 0.717) is 6.54 Å². The van der Waals surface area contributed by atoms with Crippen LogP contribution in [0.1, 0.15) is 5.69 Å². The van der Waals surface area contributed by atoms with Gasteiger partial charge in [-0.3, -0.25) is 4.98 Å². The summed E-state index contributed by atoms with van der Waals surface area (Å²) in [5, 5.41) is 4.54. The largest absolute Gasteiger partial charge is 0.325 e. The molecule has 2 heterocycles. The molecule has 3 rings (SSSR count). The van der Waals surface area contributed by atoms with Crippen molar-refractivity contribution in [2.45, 2.75) is 6.54 Å². The maximum absolute atomic E-state index is 5.70. The Kier molecular flexibility index (Phi) is 3.08. The van der Waals surface area contributed by atoms with Crippen molar-refractivity contribution in [2.24, 2.45) is 5.73 Å². The Morgan fingerprint density at radius 1 is 1.05 bits per heavy atom. The van der Waals surface area contributed by atoms with E-state index < -0.39 is 0 Å². The molecule has 0 unspecified atom stereocenters. The molecule has 1 aromatic carbocycles. The second kappa shape index (κ2) is 5.04. The van der Waals surface area contributed by atoms with Gasteiger partial charge in [-0.05, 0) is 30.3 Å². The minimum atomic E-state index is 0.424. The standard InChI is InChI=1S/C15H14N4/c16-10-13-9-15(12-5-4-8-17-11-12)19(18-13)14-6-2-1-3-7-14/h1-9,11H,10,16H2. The van der Waals surface area contributed by atoms with E-state index in [2.05, 4.69) is 10.1 Å². The highest BCUT2D eigenvalue weighted by molar-refractivity contribution is 5.61. The molecule has 0 radical (unpaired) electrons. The van der Waals surface area contributed by atoms with E-state index in [0.717, 1.165) is 22.6 Å². The lowest BCUT2D eigenvalue weighted by Crippen LogP contribution is -2.01. The molecule has 2 N–H and O–H groups in total. The van der Waals surface area contributed by atoms with E-state index in [9.17, 15) is 0 Å². The quantitative estimate of drug-likeness (QED) is 0.776. The fraction of sp³-hybridized carbons (Fsp3) is 0.0667. The van der Waals surface area contributed by atoms with Crippen LogP contribution >= 0.6 is 0 Å². The van der Waals surface area contributed by atoms with Gasteiger partial charge in [0, 0.05) is 24.5 Å². The second-order valence-corrected chi connectivity index (χ2v) is 4.21. The summed E-state index contributed by atoms with van der Waals surface area (Å²) in [5.74, 6) is 0. The average Bonchev–Trinajstić information content (AvgIpc) is 2.93. The highest BCUT2D eigenvalue weighted by atomic mass is 15.3. The number of aromatic nitrogens is 3. The summed E-state index contributed by atoms with van der Waals surface area (Å²) in [6, 6.07) is 16.0. The monoisotopic (exact) mass is 250 g/mol. The van der Waals surface area contributed by atoms with E-state index in [4.69, 9.17) is 5.73 Å². The molecule has 0 aliphatic heterocycles. The molecule has 3 aromatic rings. The van der Waals surface area contributed by atoms with Crippen LogP contribution in [0.5, 0.6) is 0 Å². The predicted molar refractivity (Wildman–Crippen MR) is 74.7 cm³/mol. The van der Waals surface area contributed by atoms with Crippen LogP contribution in [0.4, 0.5) is 0 Å². The van der Waals surface area contributed by atoms with Gasteiger partial charge in [-0.15, -0.1) is 0 Å². The van der Waals surface area contributed by atoms with Crippen molar-refractivity contribution in [3.05, 3.63) is 66.6 Å². The van der Waals surface area contributed by atoms with Gasteiger partial charge in [-0.25, -0.2) is 4.68 Å². The fourth-order valence-electron chi connectivity index (χ4n) is 2.02. The van der Waals surface area contributed by atoms with Crippen molar-refractivity contribution in [3.8, 4) is 16.9 Å². The molecule has 4 nitrogen and oxygen atoms in total. The van der Waals surface area contributed by atoms with Gasteiger partial charge >= 0.3 is 0 Å².